The van der Waals surface area contributed by atoms with Crippen molar-refractivity contribution >= 4 is 34.0 Å². The quantitative estimate of drug-likeness (QED) is 0.270. The van der Waals surface area contributed by atoms with Gasteiger partial charge in [0.2, 0.25) is 5.89 Å². The van der Waals surface area contributed by atoms with Crippen molar-refractivity contribution in [2.45, 2.75) is 38.8 Å². The maximum Gasteiger partial charge on any atom is 0.332 e. The lowest BCUT2D eigenvalue weighted by Crippen LogP contribution is -2.45. The highest BCUT2D eigenvalue weighted by Gasteiger charge is 2.25. The first-order valence-corrected chi connectivity index (χ1v) is 13.6. The number of nitrogens with one attached hydrogen (secondary N) is 3. The van der Waals surface area contributed by atoms with Crippen LogP contribution >= 0.6 is 23.7 Å². The molecule has 0 amide bonds. The lowest BCUT2D eigenvalue weighted by atomic mass is 10.1. The summed E-state index contributed by atoms with van der Waals surface area (Å²) in [6.45, 7) is 3.32. The second-order valence-electron chi connectivity index (χ2n) is 9.23. The number of benzene rings is 1. The van der Waals surface area contributed by atoms with Crippen LogP contribution < -0.4 is 27.8 Å². The Balaban J connectivity index is 0.000000391. The summed E-state index contributed by atoms with van der Waals surface area (Å²) in [6, 6.07) is 6.23. The molecule has 5 aromatic rings. The zero-order valence-electron chi connectivity index (χ0n) is 22.2. The highest BCUT2D eigenvalue weighted by molar-refractivity contribution is 7.22. The third kappa shape index (κ3) is 6.48. The molecule has 1 aliphatic rings. The van der Waals surface area contributed by atoms with Crippen LogP contribution in [0.5, 0.6) is 0 Å². The van der Waals surface area contributed by atoms with Crippen molar-refractivity contribution in [3.63, 3.8) is 0 Å². The maximum absolute atomic E-state index is 13.8. The molecule has 0 bridgehead atoms. The number of hydrogen-bond acceptors (Lipinski definition) is 9. The Morgan fingerprint density at radius 2 is 1.83 bits per heavy atom. The van der Waals surface area contributed by atoms with E-state index in [2.05, 4.69) is 20.4 Å². The largest absolute Gasteiger partial charge is 0.337 e. The topological polar surface area (TPSA) is 161 Å². The Morgan fingerprint density at radius 1 is 1.07 bits per heavy atom. The van der Waals surface area contributed by atoms with Crippen LogP contribution in [-0.2, 0) is 13.0 Å². The van der Waals surface area contributed by atoms with Crippen molar-refractivity contribution in [2.75, 3.05) is 13.1 Å². The summed E-state index contributed by atoms with van der Waals surface area (Å²) in [5.41, 5.74) is -0.863. The fourth-order valence-electron chi connectivity index (χ4n) is 4.51. The van der Waals surface area contributed by atoms with Crippen molar-refractivity contribution in [1.82, 2.24) is 34.6 Å². The van der Waals surface area contributed by atoms with Crippen molar-refractivity contribution in [2.24, 2.45) is 0 Å². The van der Waals surface area contributed by atoms with Crippen LogP contribution in [0.1, 0.15) is 37.5 Å². The van der Waals surface area contributed by atoms with Gasteiger partial charge in [-0.2, -0.15) is 4.98 Å². The van der Waals surface area contributed by atoms with Crippen LogP contribution in [0.15, 0.2) is 60.2 Å². The predicted molar refractivity (Wildman–Crippen MR) is 155 cm³/mol. The van der Waals surface area contributed by atoms with E-state index < -0.39 is 23.0 Å². The lowest BCUT2D eigenvalue weighted by Gasteiger charge is -2.24. The van der Waals surface area contributed by atoms with Gasteiger partial charge >= 0.3 is 11.4 Å². The fourth-order valence-corrected chi connectivity index (χ4v) is 5.61. The third-order valence-corrected chi connectivity index (χ3v) is 7.70. The molecule has 1 fully saturated rings. The van der Waals surface area contributed by atoms with Crippen molar-refractivity contribution in [3.8, 4) is 10.4 Å². The predicted octanol–water partition coefficient (Wildman–Crippen LogP) is 2.57. The minimum Gasteiger partial charge on any atom is -0.337 e. The second kappa shape index (κ2) is 13.2. The molecule has 3 N–H and O–H groups in total. The number of aryl methyl sites for hydroxylation is 1. The number of hydrogen-bond donors (Lipinski definition) is 3. The molecule has 12 nitrogen and oxygen atoms in total. The van der Waals surface area contributed by atoms with Crippen LogP contribution in [-0.4, -0.2) is 42.3 Å². The number of aromatic nitrogens is 6. The summed E-state index contributed by atoms with van der Waals surface area (Å²) in [5, 5.41) is 7.13. The Morgan fingerprint density at radius 3 is 2.45 bits per heavy atom. The molecule has 0 unspecified atom stereocenters. The van der Waals surface area contributed by atoms with Gasteiger partial charge in [0.15, 0.2) is 17.5 Å². The molecule has 42 heavy (non-hydrogen) atoms. The van der Waals surface area contributed by atoms with E-state index in [-0.39, 0.29) is 42.0 Å². The maximum atomic E-state index is 13.8. The Labute approximate surface area is 245 Å². The average molecular weight is 622 g/mol. The molecule has 1 saturated heterocycles. The number of rotatable bonds is 5. The highest BCUT2D eigenvalue weighted by Crippen LogP contribution is 2.32. The number of aromatic amines is 2. The molecule has 16 heteroatoms. The van der Waals surface area contributed by atoms with E-state index in [1.807, 2.05) is 11.9 Å². The Hall–Kier alpha value is -4.21. The van der Waals surface area contributed by atoms with Gasteiger partial charge in [-0.15, -0.1) is 23.7 Å². The minimum absolute atomic E-state index is 0. The molecule has 5 heterocycles. The van der Waals surface area contributed by atoms with E-state index in [0.717, 1.165) is 23.5 Å². The molecule has 1 aromatic carbocycles. The molecule has 1 aliphatic heterocycles. The van der Waals surface area contributed by atoms with Crippen LogP contribution in [0.2, 0.25) is 0 Å². The number of halogens is 3. The van der Waals surface area contributed by atoms with Crippen LogP contribution in [0.4, 0.5) is 8.78 Å². The minimum atomic E-state index is -0.979. The van der Waals surface area contributed by atoms with E-state index >= 15 is 0 Å². The summed E-state index contributed by atoms with van der Waals surface area (Å²) in [4.78, 5) is 56.5. The van der Waals surface area contributed by atoms with Crippen molar-refractivity contribution < 1.29 is 13.3 Å². The average Bonchev–Trinajstić information content (AvgIpc) is 3.61. The normalized spacial score (nSPS) is 13.4. The van der Waals surface area contributed by atoms with Gasteiger partial charge in [-0.05, 0) is 49.7 Å². The van der Waals surface area contributed by atoms with Crippen molar-refractivity contribution in [1.29, 1.82) is 0 Å². The molecule has 0 radical (unpaired) electrons. The van der Waals surface area contributed by atoms with Crippen molar-refractivity contribution in [3.05, 3.63) is 102 Å². The molecule has 0 atom stereocenters. The molecule has 4 aromatic heterocycles. The number of piperidine rings is 1. The van der Waals surface area contributed by atoms with E-state index in [9.17, 15) is 28.0 Å². The first-order chi connectivity index (χ1) is 19.7. The zero-order chi connectivity index (χ0) is 29.1. The van der Waals surface area contributed by atoms with E-state index in [1.54, 1.807) is 6.07 Å². The highest BCUT2D eigenvalue weighted by atomic mass is 35.5. The fraction of sp³-hybridized carbons (Fsp3) is 0.308. The lowest BCUT2D eigenvalue weighted by molar-refractivity contribution is 0.338. The molecule has 6 rings (SSSR count). The SMILES string of the molecule is CCc1noc(Cn2c(=O)n(C3CCNCC3)c(=O)c3sc(-c4ccc(F)c(F)c4)cc32)n1.Cl.O=c1cc[nH]c(=O)[nH]1. The molecular weight excluding hydrogens is 596 g/mol. The van der Waals surface area contributed by atoms with E-state index in [1.165, 1.54) is 27.5 Å². The summed E-state index contributed by atoms with van der Waals surface area (Å²) >= 11 is 1.15. The van der Waals surface area contributed by atoms with Crippen LogP contribution in [0.25, 0.3) is 20.7 Å². The summed E-state index contributed by atoms with van der Waals surface area (Å²) in [7, 11) is 0. The molecule has 222 valence electrons. The number of fused-ring (bicyclic) bond motifs is 1. The van der Waals surface area contributed by atoms with E-state index in [4.69, 9.17) is 4.52 Å². The number of nitrogens with zero attached hydrogens (tertiary/aromatic N) is 4. The Bertz CT molecular complexity index is 1910. The zero-order valence-corrected chi connectivity index (χ0v) is 23.8. The van der Waals surface area contributed by atoms with Gasteiger partial charge < -0.3 is 14.8 Å². The second-order valence-corrected chi connectivity index (χ2v) is 10.3. The smallest absolute Gasteiger partial charge is 0.332 e. The Kier molecular flexibility index (Phi) is 9.65. The van der Waals surface area contributed by atoms with Gasteiger partial charge in [0, 0.05) is 29.6 Å². The molecule has 0 spiro atoms. The van der Waals surface area contributed by atoms with Gasteiger partial charge in [-0.1, -0.05) is 18.1 Å². The van der Waals surface area contributed by atoms with Crippen LogP contribution in [0, 0.1) is 11.6 Å². The molecule has 0 saturated carbocycles. The van der Waals surface area contributed by atoms with E-state index in [0.29, 0.717) is 58.8 Å². The summed E-state index contributed by atoms with van der Waals surface area (Å²) in [6.07, 6.45) is 3.19. The summed E-state index contributed by atoms with van der Waals surface area (Å²) < 4.78 is 35.7. The number of thiophene rings is 1. The monoisotopic (exact) mass is 621 g/mol. The first kappa shape index (κ1) is 30.7. The van der Waals surface area contributed by atoms with Gasteiger partial charge in [0.05, 0.1) is 5.52 Å². The first-order valence-electron chi connectivity index (χ1n) is 12.8. The van der Waals surface area contributed by atoms with Gasteiger partial charge in [0.1, 0.15) is 11.2 Å². The summed E-state index contributed by atoms with van der Waals surface area (Å²) in [5.74, 6) is -1.15. The van der Waals surface area contributed by atoms with Gasteiger partial charge in [-0.3, -0.25) is 23.7 Å². The molecule has 0 aliphatic carbocycles. The third-order valence-electron chi connectivity index (χ3n) is 6.54. The van der Waals surface area contributed by atoms with Gasteiger partial charge in [-0.25, -0.2) is 18.4 Å². The number of H-pyrrole nitrogens is 2. The standard InChI is InChI=1S/C22H21F2N5O3S.C4H4N2O2.ClH/c1-2-18-26-19(32-27-18)11-28-16-10-17(12-3-4-14(23)15(24)9-12)33-20(16)21(30)29(22(28)31)13-5-7-25-8-6-13;7-3-1-2-5-4(8)6-3;/h3-4,9-10,13,25H,2,5-8,11H2,1H3;1-2H,(H2,5,6,7,8);1H. The molecular formula is C26H26ClF2N7O5S. The van der Waals surface area contributed by atoms with Crippen LogP contribution in [0.3, 0.4) is 0 Å². The van der Waals surface area contributed by atoms with Gasteiger partial charge in [0.25, 0.3) is 11.1 Å².